The Kier molecular flexibility index (Phi) is 5.85. The number of ether oxygens (including phenoxy) is 1. The molecule has 0 atom stereocenters. The van der Waals surface area contributed by atoms with Crippen molar-refractivity contribution in [3.05, 3.63) is 88.4 Å². The third-order valence-electron chi connectivity index (χ3n) is 4.07. The first-order chi connectivity index (χ1) is 14.0. The Balaban J connectivity index is 2.21. The Labute approximate surface area is 167 Å². The van der Waals surface area contributed by atoms with Gasteiger partial charge in [-0.05, 0) is 36.8 Å². The van der Waals surface area contributed by atoms with E-state index in [1.165, 1.54) is 16.6 Å². The summed E-state index contributed by atoms with van der Waals surface area (Å²) in [6.07, 6.45) is 4.26. The second-order valence-electron chi connectivity index (χ2n) is 6.10. The number of carbonyl (C=O) groups is 1. The Bertz CT molecular complexity index is 1200. The molecule has 7 heteroatoms. The number of hydrogen-bond donors (Lipinski definition) is 1. The van der Waals surface area contributed by atoms with E-state index in [-0.39, 0.29) is 23.6 Å². The average Bonchev–Trinajstić information content (AvgIpc) is 2.73. The SMILES string of the molecule is C=CCNC(=O)/C(C#N)=C/c1c(Oc2ccccc2)nc2c(C)cccn2c1=O. The molecule has 1 amide bonds. The number of aromatic nitrogens is 2. The first kappa shape index (κ1) is 19.6. The number of carbonyl (C=O) groups excluding carboxylic acids is 1. The number of pyridine rings is 1. The first-order valence-corrected chi connectivity index (χ1v) is 8.81. The van der Waals surface area contributed by atoms with E-state index in [9.17, 15) is 14.9 Å². The minimum Gasteiger partial charge on any atom is -0.438 e. The Hall–Kier alpha value is -4.18. The van der Waals surface area contributed by atoms with Crippen LogP contribution in [0.25, 0.3) is 11.7 Å². The van der Waals surface area contributed by atoms with Gasteiger partial charge in [0, 0.05) is 12.7 Å². The van der Waals surface area contributed by atoms with E-state index in [4.69, 9.17) is 4.74 Å². The fraction of sp³-hybridized carbons (Fsp3) is 0.0909. The van der Waals surface area contributed by atoms with E-state index in [1.807, 2.05) is 25.1 Å². The predicted molar refractivity (Wildman–Crippen MR) is 110 cm³/mol. The second kappa shape index (κ2) is 8.67. The topological polar surface area (TPSA) is 96.5 Å². The first-order valence-electron chi connectivity index (χ1n) is 8.81. The molecule has 2 heterocycles. The van der Waals surface area contributed by atoms with E-state index in [2.05, 4.69) is 16.9 Å². The number of nitriles is 1. The normalized spacial score (nSPS) is 11.0. The predicted octanol–water partition coefficient (Wildman–Crippen LogP) is 3.00. The number of aryl methyl sites for hydroxylation is 1. The molecule has 0 aliphatic heterocycles. The second-order valence-corrected chi connectivity index (χ2v) is 6.10. The van der Waals surface area contributed by atoms with Crippen molar-refractivity contribution >= 4 is 17.6 Å². The average molecular weight is 386 g/mol. The van der Waals surface area contributed by atoms with Crippen molar-refractivity contribution in [3.8, 4) is 17.7 Å². The summed E-state index contributed by atoms with van der Waals surface area (Å²) in [5.41, 5.74) is 0.518. The van der Waals surface area contributed by atoms with Crippen molar-refractivity contribution in [1.82, 2.24) is 14.7 Å². The van der Waals surface area contributed by atoms with Gasteiger partial charge in [-0.25, -0.2) is 0 Å². The summed E-state index contributed by atoms with van der Waals surface area (Å²) in [5, 5.41) is 11.9. The fourth-order valence-electron chi connectivity index (χ4n) is 2.65. The number of fused-ring (bicyclic) bond motifs is 1. The number of rotatable bonds is 6. The van der Waals surface area contributed by atoms with Crippen LogP contribution in [0.1, 0.15) is 11.1 Å². The lowest BCUT2D eigenvalue weighted by molar-refractivity contribution is -0.116. The van der Waals surface area contributed by atoms with Crippen LogP contribution in [0.3, 0.4) is 0 Å². The molecule has 29 heavy (non-hydrogen) atoms. The molecule has 3 aromatic rings. The molecule has 0 radical (unpaired) electrons. The lowest BCUT2D eigenvalue weighted by Crippen LogP contribution is -2.25. The monoisotopic (exact) mass is 386 g/mol. The van der Waals surface area contributed by atoms with E-state index >= 15 is 0 Å². The van der Waals surface area contributed by atoms with Gasteiger partial charge >= 0.3 is 0 Å². The van der Waals surface area contributed by atoms with Crippen LogP contribution in [0.15, 0.2) is 71.7 Å². The Morgan fingerprint density at radius 2 is 2.07 bits per heavy atom. The highest BCUT2D eigenvalue weighted by Crippen LogP contribution is 2.24. The Morgan fingerprint density at radius 3 is 2.76 bits per heavy atom. The minimum atomic E-state index is -0.619. The fourth-order valence-corrected chi connectivity index (χ4v) is 2.65. The van der Waals surface area contributed by atoms with Gasteiger partial charge in [-0.15, -0.1) is 6.58 Å². The molecule has 144 valence electrons. The molecule has 0 unspecified atom stereocenters. The van der Waals surface area contributed by atoms with Gasteiger partial charge in [0.25, 0.3) is 11.5 Å². The van der Waals surface area contributed by atoms with Gasteiger partial charge in [0.2, 0.25) is 5.88 Å². The zero-order valence-electron chi connectivity index (χ0n) is 15.8. The van der Waals surface area contributed by atoms with Crippen LogP contribution in [0, 0.1) is 18.3 Å². The molecule has 1 N–H and O–H groups in total. The summed E-state index contributed by atoms with van der Waals surface area (Å²) in [5.74, 6) is -0.131. The molecule has 0 saturated carbocycles. The molecule has 7 nitrogen and oxygen atoms in total. The molecule has 0 aliphatic carbocycles. The zero-order valence-corrected chi connectivity index (χ0v) is 15.8. The molecule has 0 fully saturated rings. The maximum absolute atomic E-state index is 13.1. The standard InChI is InChI=1S/C22H18N4O3/c1-3-11-24-20(27)16(14-23)13-18-21(29-17-9-5-4-6-10-17)25-19-15(2)8-7-12-26(19)22(18)28/h3-10,12-13H,1,11H2,2H3,(H,24,27)/b16-13+. The van der Waals surface area contributed by atoms with Crippen LogP contribution < -0.4 is 15.6 Å². The third-order valence-corrected chi connectivity index (χ3v) is 4.07. The van der Waals surface area contributed by atoms with Crippen LogP contribution in [0.4, 0.5) is 0 Å². The Morgan fingerprint density at radius 1 is 1.31 bits per heavy atom. The van der Waals surface area contributed by atoms with Crippen molar-refractivity contribution in [1.29, 1.82) is 5.26 Å². The third kappa shape index (κ3) is 4.22. The highest BCUT2D eigenvalue weighted by atomic mass is 16.5. The van der Waals surface area contributed by atoms with E-state index in [0.29, 0.717) is 11.4 Å². The highest BCUT2D eigenvalue weighted by molar-refractivity contribution is 6.02. The van der Waals surface area contributed by atoms with Gasteiger partial charge in [-0.3, -0.25) is 14.0 Å². The quantitative estimate of drug-likeness (QED) is 0.399. The van der Waals surface area contributed by atoms with Crippen molar-refractivity contribution in [2.75, 3.05) is 6.54 Å². The van der Waals surface area contributed by atoms with Gasteiger partial charge in [0.05, 0.1) is 0 Å². The van der Waals surface area contributed by atoms with E-state index < -0.39 is 11.5 Å². The number of para-hydroxylation sites is 1. The molecular weight excluding hydrogens is 368 g/mol. The smallest absolute Gasteiger partial charge is 0.269 e. The molecule has 0 bridgehead atoms. The summed E-state index contributed by atoms with van der Waals surface area (Å²) in [6, 6.07) is 14.2. The van der Waals surface area contributed by atoms with Gasteiger partial charge in [0.15, 0.2) is 0 Å². The van der Waals surface area contributed by atoms with Crippen LogP contribution in [0.2, 0.25) is 0 Å². The lowest BCUT2D eigenvalue weighted by atomic mass is 10.1. The van der Waals surface area contributed by atoms with Crippen molar-refractivity contribution in [3.63, 3.8) is 0 Å². The van der Waals surface area contributed by atoms with Gasteiger partial charge in [-0.2, -0.15) is 10.2 Å². The summed E-state index contributed by atoms with van der Waals surface area (Å²) in [6.45, 7) is 5.54. The number of hydrogen-bond acceptors (Lipinski definition) is 5. The van der Waals surface area contributed by atoms with Crippen molar-refractivity contribution < 1.29 is 9.53 Å². The lowest BCUT2D eigenvalue weighted by Gasteiger charge is -2.11. The zero-order chi connectivity index (χ0) is 20.8. The highest BCUT2D eigenvalue weighted by Gasteiger charge is 2.17. The molecule has 0 saturated heterocycles. The molecule has 3 rings (SSSR count). The molecular formula is C22H18N4O3. The van der Waals surface area contributed by atoms with Crippen LogP contribution in [-0.4, -0.2) is 21.8 Å². The molecule has 0 spiro atoms. The molecule has 2 aromatic heterocycles. The molecule has 1 aromatic carbocycles. The van der Waals surface area contributed by atoms with Gasteiger partial charge in [0.1, 0.15) is 28.6 Å². The number of nitrogens with one attached hydrogen (secondary N) is 1. The number of benzene rings is 1. The number of amides is 1. The largest absolute Gasteiger partial charge is 0.438 e. The van der Waals surface area contributed by atoms with Crippen molar-refractivity contribution in [2.45, 2.75) is 6.92 Å². The van der Waals surface area contributed by atoms with Crippen molar-refractivity contribution in [2.24, 2.45) is 0 Å². The summed E-state index contributed by atoms with van der Waals surface area (Å²) in [4.78, 5) is 29.8. The summed E-state index contributed by atoms with van der Waals surface area (Å²) in [7, 11) is 0. The van der Waals surface area contributed by atoms with Gasteiger partial charge in [-0.1, -0.05) is 30.3 Å². The maximum atomic E-state index is 13.1. The van der Waals surface area contributed by atoms with Crippen LogP contribution >= 0.6 is 0 Å². The van der Waals surface area contributed by atoms with E-state index in [1.54, 1.807) is 36.5 Å². The van der Waals surface area contributed by atoms with Crippen LogP contribution in [-0.2, 0) is 4.79 Å². The molecule has 0 aliphatic rings. The summed E-state index contributed by atoms with van der Waals surface area (Å²) < 4.78 is 7.19. The van der Waals surface area contributed by atoms with E-state index in [0.717, 1.165) is 5.56 Å². The van der Waals surface area contributed by atoms with Gasteiger partial charge < -0.3 is 10.1 Å². The minimum absolute atomic E-state index is 0.00209. The summed E-state index contributed by atoms with van der Waals surface area (Å²) >= 11 is 0. The van der Waals surface area contributed by atoms with Crippen LogP contribution in [0.5, 0.6) is 11.6 Å². The maximum Gasteiger partial charge on any atom is 0.269 e. The number of nitrogens with zero attached hydrogens (tertiary/aromatic N) is 3.